The summed E-state index contributed by atoms with van der Waals surface area (Å²) in [5.74, 6) is 1.67. The maximum atomic E-state index is 13.1. The Balaban J connectivity index is 1.43. The van der Waals surface area contributed by atoms with Crippen molar-refractivity contribution in [2.45, 2.75) is 32.9 Å². The number of aromatic nitrogens is 2. The molecule has 0 bridgehead atoms. The number of rotatable bonds is 5. The first-order valence-corrected chi connectivity index (χ1v) is 11.6. The average Bonchev–Trinajstić information content (AvgIpc) is 3.28. The summed E-state index contributed by atoms with van der Waals surface area (Å²) in [7, 11) is 0. The van der Waals surface area contributed by atoms with Crippen LogP contribution in [-0.4, -0.2) is 59.7 Å². The number of carbonyl (C=O) groups is 1. The normalized spacial score (nSPS) is 20.0. The van der Waals surface area contributed by atoms with Crippen LogP contribution >= 0.6 is 11.3 Å². The van der Waals surface area contributed by atoms with E-state index in [0.29, 0.717) is 13.1 Å². The van der Waals surface area contributed by atoms with Gasteiger partial charge in [-0.05, 0) is 38.0 Å². The molecule has 2 aliphatic rings. The summed E-state index contributed by atoms with van der Waals surface area (Å²) in [5.41, 5.74) is 2.13. The second kappa shape index (κ2) is 8.53. The topological polar surface area (TPSA) is 70.6 Å². The van der Waals surface area contributed by atoms with Crippen molar-refractivity contribution in [1.82, 2.24) is 14.9 Å². The maximum Gasteiger partial charge on any atom is 0.249 e. The van der Waals surface area contributed by atoms with Gasteiger partial charge in [-0.3, -0.25) is 9.69 Å². The molecule has 1 aromatic carbocycles. The standard InChI is InChI=1S/C23H27N5O2S/c1-15-16(2)31-22-20(15)21(25-19(26-22)14-27-10-12-30-13-11-27)24-18-8-9-28(23(18)29)17-6-4-3-5-7-17/h3-7,18H,8-14H2,1-2H3,(H,24,25,26). The minimum atomic E-state index is -0.283. The predicted octanol–water partition coefficient (Wildman–Crippen LogP) is 3.36. The number of nitrogens with zero attached hydrogens (tertiary/aromatic N) is 4. The molecule has 4 heterocycles. The van der Waals surface area contributed by atoms with Crippen LogP contribution in [0.1, 0.15) is 22.7 Å². The number of morpholine rings is 1. The van der Waals surface area contributed by atoms with E-state index in [1.807, 2.05) is 35.2 Å². The molecule has 0 radical (unpaired) electrons. The van der Waals surface area contributed by atoms with E-state index in [9.17, 15) is 4.79 Å². The Kier molecular flexibility index (Phi) is 5.60. The van der Waals surface area contributed by atoms with Gasteiger partial charge in [0.2, 0.25) is 5.91 Å². The molecular weight excluding hydrogens is 410 g/mol. The van der Waals surface area contributed by atoms with Crippen molar-refractivity contribution in [1.29, 1.82) is 0 Å². The summed E-state index contributed by atoms with van der Waals surface area (Å²) >= 11 is 1.70. The Morgan fingerprint density at radius 2 is 1.90 bits per heavy atom. The summed E-state index contributed by atoms with van der Waals surface area (Å²) in [5, 5.41) is 4.53. The zero-order valence-electron chi connectivity index (χ0n) is 17.9. The summed E-state index contributed by atoms with van der Waals surface area (Å²) < 4.78 is 5.46. The highest BCUT2D eigenvalue weighted by molar-refractivity contribution is 7.18. The molecule has 3 aromatic rings. The smallest absolute Gasteiger partial charge is 0.249 e. The fraction of sp³-hybridized carbons (Fsp3) is 0.435. The molecule has 1 unspecified atom stereocenters. The Morgan fingerprint density at radius 1 is 1.13 bits per heavy atom. The number of hydrogen-bond acceptors (Lipinski definition) is 7. The molecule has 5 rings (SSSR count). The minimum absolute atomic E-state index is 0.0947. The van der Waals surface area contributed by atoms with E-state index in [1.54, 1.807) is 11.3 Å². The first kappa shape index (κ1) is 20.4. The largest absolute Gasteiger partial charge is 0.379 e. The predicted molar refractivity (Wildman–Crippen MR) is 124 cm³/mol. The van der Waals surface area contributed by atoms with Gasteiger partial charge < -0.3 is 15.0 Å². The van der Waals surface area contributed by atoms with E-state index in [1.165, 1.54) is 10.4 Å². The second-order valence-corrected chi connectivity index (χ2v) is 9.35. The molecule has 1 N–H and O–H groups in total. The van der Waals surface area contributed by atoms with Crippen LogP contribution in [0, 0.1) is 13.8 Å². The zero-order valence-corrected chi connectivity index (χ0v) is 18.7. The quantitative estimate of drug-likeness (QED) is 0.660. The van der Waals surface area contributed by atoms with Crippen LogP contribution in [0.25, 0.3) is 10.2 Å². The number of fused-ring (bicyclic) bond motifs is 1. The SMILES string of the molecule is Cc1sc2nc(CN3CCOCC3)nc(NC3CCN(c4ccccc4)C3=O)c2c1C. The van der Waals surface area contributed by atoms with E-state index in [4.69, 9.17) is 14.7 Å². The molecule has 0 spiro atoms. The minimum Gasteiger partial charge on any atom is -0.379 e. The van der Waals surface area contributed by atoms with Crippen LogP contribution < -0.4 is 10.2 Å². The van der Waals surface area contributed by atoms with Crippen LogP contribution in [-0.2, 0) is 16.1 Å². The molecular formula is C23H27N5O2S. The van der Waals surface area contributed by atoms with Gasteiger partial charge in [0.05, 0.1) is 25.1 Å². The molecule has 0 saturated carbocycles. The third kappa shape index (κ3) is 4.03. The Bertz CT molecular complexity index is 1090. The van der Waals surface area contributed by atoms with Gasteiger partial charge in [-0.2, -0.15) is 0 Å². The van der Waals surface area contributed by atoms with Crippen LogP contribution in [0.4, 0.5) is 11.5 Å². The van der Waals surface area contributed by atoms with Crippen molar-refractivity contribution in [2.24, 2.45) is 0 Å². The van der Waals surface area contributed by atoms with Crippen molar-refractivity contribution in [2.75, 3.05) is 43.1 Å². The number of amides is 1. The Morgan fingerprint density at radius 3 is 2.68 bits per heavy atom. The molecule has 2 aromatic heterocycles. The fourth-order valence-corrected chi connectivity index (χ4v) is 5.32. The summed E-state index contributed by atoms with van der Waals surface area (Å²) in [6.07, 6.45) is 0.750. The highest BCUT2D eigenvalue weighted by atomic mass is 32.1. The van der Waals surface area contributed by atoms with Crippen LogP contribution in [0.2, 0.25) is 0 Å². The van der Waals surface area contributed by atoms with Gasteiger partial charge in [-0.1, -0.05) is 18.2 Å². The third-order valence-electron chi connectivity index (χ3n) is 6.13. The van der Waals surface area contributed by atoms with Crippen molar-refractivity contribution in [3.05, 3.63) is 46.6 Å². The molecule has 7 nitrogen and oxygen atoms in total. The van der Waals surface area contributed by atoms with Gasteiger partial charge >= 0.3 is 0 Å². The second-order valence-electron chi connectivity index (χ2n) is 8.15. The first-order chi connectivity index (χ1) is 15.1. The van der Waals surface area contributed by atoms with Crippen LogP contribution in [0.5, 0.6) is 0 Å². The van der Waals surface area contributed by atoms with Gasteiger partial charge in [0, 0.05) is 30.2 Å². The van der Waals surface area contributed by atoms with Crippen LogP contribution in [0.15, 0.2) is 30.3 Å². The summed E-state index contributed by atoms with van der Waals surface area (Å²) in [4.78, 5) is 29.3. The maximum absolute atomic E-state index is 13.1. The number of nitrogens with one attached hydrogen (secondary N) is 1. The van der Waals surface area contributed by atoms with E-state index < -0.39 is 0 Å². The molecule has 0 aliphatic carbocycles. The molecule has 1 atom stereocenters. The number of aryl methyl sites for hydroxylation is 2. The monoisotopic (exact) mass is 437 g/mol. The highest BCUT2D eigenvalue weighted by Gasteiger charge is 2.33. The van der Waals surface area contributed by atoms with Gasteiger partial charge in [0.1, 0.15) is 22.5 Å². The number of para-hydroxylation sites is 1. The molecule has 2 saturated heterocycles. The van der Waals surface area contributed by atoms with E-state index in [2.05, 4.69) is 24.1 Å². The molecule has 31 heavy (non-hydrogen) atoms. The van der Waals surface area contributed by atoms with Gasteiger partial charge in [-0.25, -0.2) is 9.97 Å². The average molecular weight is 438 g/mol. The highest BCUT2D eigenvalue weighted by Crippen LogP contribution is 2.34. The van der Waals surface area contributed by atoms with E-state index >= 15 is 0 Å². The lowest BCUT2D eigenvalue weighted by Crippen LogP contribution is -2.36. The number of ether oxygens (including phenoxy) is 1. The Hall–Kier alpha value is -2.55. The first-order valence-electron chi connectivity index (χ1n) is 10.8. The lowest BCUT2D eigenvalue weighted by Gasteiger charge is -2.26. The number of benzene rings is 1. The van der Waals surface area contributed by atoms with Crippen molar-refractivity contribution < 1.29 is 9.53 Å². The van der Waals surface area contributed by atoms with E-state index in [-0.39, 0.29) is 11.9 Å². The molecule has 162 valence electrons. The number of anilines is 2. The summed E-state index contributed by atoms with van der Waals surface area (Å²) in [6.45, 7) is 8.89. The fourth-order valence-electron chi connectivity index (χ4n) is 4.27. The van der Waals surface area contributed by atoms with Crippen molar-refractivity contribution in [3.63, 3.8) is 0 Å². The number of carbonyl (C=O) groups excluding carboxylic acids is 1. The zero-order chi connectivity index (χ0) is 21.4. The van der Waals surface area contributed by atoms with Gasteiger partial charge in [0.15, 0.2) is 0 Å². The summed E-state index contributed by atoms with van der Waals surface area (Å²) in [6, 6.07) is 9.58. The lowest BCUT2D eigenvalue weighted by atomic mass is 10.2. The number of thiophene rings is 1. The van der Waals surface area contributed by atoms with Gasteiger partial charge in [0.25, 0.3) is 0 Å². The van der Waals surface area contributed by atoms with Gasteiger partial charge in [-0.15, -0.1) is 11.3 Å². The molecule has 2 fully saturated rings. The number of hydrogen-bond donors (Lipinski definition) is 1. The van der Waals surface area contributed by atoms with Crippen molar-refractivity contribution >= 4 is 39.0 Å². The molecule has 1 amide bonds. The van der Waals surface area contributed by atoms with E-state index in [0.717, 1.165) is 60.3 Å². The van der Waals surface area contributed by atoms with Crippen LogP contribution in [0.3, 0.4) is 0 Å². The molecule has 2 aliphatic heterocycles. The molecule has 8 heteroatoms. The third-order valence-corrected chi connectivity index (χ3v) is 7.23. The van der Waals surface area contributed by atoms with Crippen molar-refractivity contribution in [3.8, 4) is 0 Å². The Labute approximate surface area is 186 Å². The lowest BCUT2D eigenvalue weighted by molar-refractivity contribution is -0.117.